The van der Waals surface area contributed by atoms with E-state index in [0.29, 0.717) is 34.1 Å². The van der Waals surface area contributed by atoms with Crippen LogP contribution in [0.2, 0.25) is 0 Å². The molecule has 0 aromatic heterocycles. The van der Waals surface area contributed by atoms with Crippen LogP contribution < -0.4 is 39.2 Å². The topological polar surface area (TPSA) is 25.9 Å². The fourth-order valence-corrected chi connectivity index (χ4v) is 16.8. The van der Waals surface area contributed by atoms with Gasteiger partial charge >= 0.3 is 12.4 Å². The Hall–Kier alpha value is -16.1. The van der Waals surface area contributed by atoms with Crippen LogP contribution in [0.4, 0.5) is 163 Å². The van der Waals surface area contributed by atoms with Crippen molar-refractivity contribution in [2.24, 2.45) is 0 Å². The third-order valence-corrected chi connectivity index (χ3v) is 22.9. The molecule has 8 nitrogen and oxygen atoms in total. The van der Waals surface area contributed by atoms with Crippen molar-refractivity contribution in [2.75, 3.05) is 39.2 Å². The number of halogens is 6. The average Bonchev–Trinajstić information content (AvgIpc) is 0.712. The van der Waals surface area contributed by atoms with Crippen molar-refractivity contribution in [3.8, 4) is 0 Å². The molecule has 0 aliphatic rings. The zero-order chi connectivity index (χ0) is 86.9. The van der Waals surface area contributed by atoms with Crippen molar-refractivity contribution in [1.29, 1.82) is 0 Å². The molecule has 0 radical (unpaired) electrons. The number of para-hydroxylation sites is 8. The Bertz CT molecular complexity index is 5780. The molecule has 18 rings (SSSR count). The Morgan fingerprint density at radius 1 is 0.126 bits per heavy atom. The monoisotopic (exact) mass is 1670 g/mol. The van der Waals surface area contributed by atoms with Gasteiger partial charge in [-0.2, -0.15) is 26.3 Å². The van der Waals surface area contributed by atoms with Gasteiger partial charge in [0, 0.05) is 136 Å². The molecule has 18 aromatic rings. The van der Waals surface area contributed by atoms with E-state index in [1.807, 2.05) is 266 Å². The SMILES string of the molecule is Cc1ccc(N(c2ccc(N(c3ccc(N(c4ccccc4)c4ccccc4)cc3)c3ccc(N(c4ccccc4)c4ccccc4)cc3)cc2)c2ccc(C(c3ccc(N(c4ccc(C)cc4)c4ccc(N(c5ccc(N(c6ccccc6)c6ccccc6)cc5)c5ccc(N(c6ccccc6)c6ccccc6)cc5)cc4)cc3)(C(F)(F)F)C(F)(F)F)cc2)cc1. The average molecular weight is 1670 g/mol. The van der Waals surface area contributed by atoms with Crippen LogP contribution in [0.1, 0.15) is 22.3 Å². The van der Waals surface area contributed by atoms with E-state index in [9.17, 15) is 0 Å². The van der Waals surface area contributed by atoms with Crippen LogP contribution in [-0.4, -0.2) is 12.4 Å². The van der Waals surface area contributed by atoms with Crippen molar-refractivity contribution in [3.63, 3.8) is 0 Å². The van der Waals surface area contributed by atoms with Gasteiger partial charge in [0.15, 0.2) is 0 Å². The summed E-state index contributed by atoms with van der Waals surface area (Å²) in [5.74, 6) is 0. The second-order valence-electron chi connectivity index (χ2n) is 31.0. The molecule has 0 aliphatic heterocycles. The van der Waals surface area contributed by atoms with Gasteiger partial charge in [0.1, 0.15) is 0 Å². The molecule has 0 amide bonds. The molecule has 0 unspecified atom stereocenters. The Kier molecular flexibility index (Phi) is 23.3. The molecule has 0 saturated carbocycles. The van der Waals surface area contributed by atoms with Crippen molar-refractivity contribution >= 4 is 136 Å². The van der Waals surface area contributed by atoms with Gasteiger partial charge in [-0.3, -0.25) is 0 Å². The number of hydrogen-bond donors (Lipinski definition) is 0. The second kappa shape index (κ2) is 36.2. The largest absolute Gasteiger partial charge is 0.411 e. The van der Waals surface area contributed by atoms with E-state index in [1.165, 1.54) is 24.3 Å². The predicted octanol–water partition coefficient (Wildman–Crippen LogP) is 33.5. The summed E-state index contributed by atoms with van der Waals surface area (Å²) >= 11 is 0. The lowest BCUT2D eigenvalue weighted by molar-refractivity contribution is -0.288. The fraction of sp³-hybridized carbons (Fsp3) is 0.0442. The minimum absolute atomic E-state index is 0.321. The molecule has 0 heterocycles. The molecular weight excluding hydrogens is 1580 g/mol. The van der Waals surface area contributed by atoms with E-state index in [0.717, 1.165) is 138 Å². The molecule has 127 heavy (non-hydrogen) atoms. The van der Waals surface area contributed by atoms with E-state index in [1.54, 1.807) is 0 Å². The molecule has 620 valence electrons. The number of rotatable bonds is 26. The minimum atomic E-state index is -5.90. The van der Waals surface area contributed by atoms with Gasteiger partial charge in [-0.1, -0.05) is 205 Å². The Morgan fingerprint density at radius 3 is 0.331 bits per heavy atom. The fourth-order valence-electron chi connectivity index (χ4n) is 16.8. The lowest BCUT2D eigenvalue weighted by Crippen LogP contribution is -2.54. The summed E-state index contributed by atoms with van der Waals surface area (Å²) < 4.78 is 99.7. The number of alkyl halides is 6. The third kappa shape index (κ3) is 17.1. The summed E-state index contributed by atoms with van der Waals surface area (Å²) in [5.41, 5.74) is 15.0. The second-order valence-corrected chi connectivity index (χ2v) is 31.0. The number of nitrogens with zero attached hydrogens (tertiary/aromatic N) is 8. The summed E-state index contributed by atoms with van der Waals surface area (Å²) in [7, 11) is 0. The Morgan fingerprint density at radius 2 is 0.220 bits per heavy atom. The van der Waals surface area contributed by atoms with Gasteiger partial charge in [0.25, 0.3) is 0 Å². The summed E-state index contributed by atoms with van der Waals surface area (Å²) in [6, 6.07) is 155. The summed E-state index contributed by atoms with van der Waals surface area (Å²) in [4.78, 5) is 16.8. The minimum Gasteiger partial charge on any atom is -0.311 e. The van der Waals surface area contributed by atoms with Crippen LogP contribution in [0.25, 0.3) is 0 Å². The summed E-state index contributed by atoms with van der Waals surface area (Å²) in [6.07, 6.45) is -11.8. The van der Waals surface area contributed by atoms with Crippen LogP contribution in [-0.2, 0) is 5.41 Å². The first kappa shape index (κ1) is 81.9. The maximum absolute atomic E-state index is 16.6. The van der Waals surface area contributed by atoms with Gasteiger partial charge in [-0.25, -0.2) is 0 Å². The van der Waals surface area contributed by atoms with E-state index in [-0.39, 0.29) is 0 Å². The molecule has 14 heteroatoms. The van der Waals surface area contributed by atoms with Gasteiger partial charge in [0.2, 0.25) is 5.41 Å². The maximum Gasteiger partial charge on any atom is 0.411 e. The number of hydrogen-bond acceptors (Lipinski definition) is 8. The van der Waals surface area contributed by atoms with Gasteiger partial charge in [0.05, 0.1) is 0 Å². The van der Waals surface area contributed by atoms with E-state index < -0.39 is 28.9 Å². The highest BCUT2D eigenvalue weighted by molar-refractivity contribution is 5.89. The molecule has 0 N–H and O–H groups in total. The van der Waals surface area contributed by atoms with Crippen molar-refractivity contribution < 1.29 is 26.3 Å². The highest BCUT2D eigenvalue weighted by Gasteiger charge is 2.72. The number of benzene rings is 18. The summed E-state index contributed by atoms with van der Waals surface area (Å²) in [5, 5.41) is 0. The zero-order valence-corrected chi connectivity index (χ0v) is 69.5. The first-order valence-electron chi connectivity index (χ1n) is 42.0. The standard InChI is InChI=1S/C113H86F6N8/c1-83-43-51-95(52-44-83)124(103-75-79-109(80-76-103)126(105-67-59-99(60-68-105)120(87-27-11-3-12-28-87)88-29-13-4-14-30-88)106-69-61-100(62-70-106)121(89-31-15-5-16-32-89)90-33-17-6-18-34-90)97-55-47-85(48-56-97)111(112(114,115)116,113(117,118)119)86-49-57-98(58-50-86)125(96-53-45-84(2)46-54-96)104-77-81-110(82-78-104)127(107-71-63-101(64-72-107)122(91-35-19-7-20-36-91)92-37-21-8-22-38-92)108-73-65-102(66-74-108)123(93-39-23-9-24-40-93)94-41-25-10-26-42-94/h3-82H,1-2H3. The van der Waals surface area contributed by atoms with Crippen molar-refractivity contribution in [3.05, 3.63) is 508 Å². The molecule has 0 spiro atoms. The van der Waals surface area contributed by atoms with Gasteiger partial charge < -0.3 is 39.2 Å². The third-order valence-electron chi connectivity index (χ3n) is 22.9. The van der Waals surface area contributed by atoms with Crippen LogP contribution in [0, 0.1) is 13.8 Å². The van der Waals surface area contributed by atoms with E-state index >= 15 is 26.3 Å². The maximum atomic E-state index is 16.6. The highest BCUT2D eigenvalue weighted by atomic mass is 19.4. The molecule has 0 atom stereocenters. The molecule has 0 aliphatic carbocycles. The predicted molar refractivity (Wildman–Crippen MR) is 513 cm³/mol. The smallest absolute Gasteiger partial charge is 0.311 e. The van der Waals surface area contributed by atoms with Crippen LogP contribution >= 0.6 is 0 Å². The summed E-state index contributed by atoms with van der Waals surface area (Å²) in [6.45, 7) is 3.89. The Balaban J connectivity index is 0.685. The first-order chi connectivity index (χ1) is 62.1. The molecule has 0 saturated heterocycles. The van der Waals surface area contributed by atoms with Gasteiger partial charge in [-0.05, 0) is 316 Å². The van der Waals surface area contributed by atoms with E-state index in [2.05, 4.69) is 224 Å². The number of anilines is 24. The first-order valence-corrected chi connectivity index (χ1v) is 42.0. The van der Waals surface area contributed by atoms with E-state index in [4.69, 9.17) is 0 Å². The van der Waals surface area contributed by atoms with Crippen LogP contribution in [0.5, 0.6) is 0 Å². The molecule has 0 bridgehead atoms. The van der Waals surface area contributed by atoms with Crippen LogP contribution in [0.3, 0.4) is 0 Å². The quantitative estimate of drug-likeness (QED) is 0.0495. The highest BCUT2D eigenvalue weighted by Crippen LogP contribution is 2.58. The van der Waals surface area contributed by atoms with Gasteiger partial charge in [-0.15, -0.1) is 0 Å². The van der Waals surface area contributed by atoms with Crippen molar-refractivity contribution in [2.45, 2.75) is 31.6 Å². The zero-order valence-electron chi connectivity index (χ0n) is 69.5. The molecule has 18 aromatic carbocycles. The molecular formula is C113H86F6N8. The lowest BCUT2D eigenvalue weighted by Gasteiger charge is -2.39. The van der Waals surface area contributed by atoms with Crippen LogP contribution in [0.15, 0.2) is 485 Å². The number of aryl methyl sites for hydroxylation is 2. The van der Waals surface area contributed by atoms with Crippen molar-refractivity contribution in [1.82, 2.24) is 0 Å². The normalized spacial score (nSPS) is 11.5. The Labute approximate surface area is 736 Å². The molecule has 0 fully saturated rings. The lowest BCUT2D eigenvalue weighted by atomic mass is 9.72.